The Hall–Kier alpha value is -2.13. The molecule has 8 heteroatoms. The third kappa shape index (κ3) is 18.7. The number of methoxy groups -OCH3 is 1. The van der Waals surface area contributed by atoms with Crippen LogP contribution in [0.3, 0.4) is 0 Å². The molecule has 0 saturated carbocycles. The Labute approximate surface area is 225 Å². The lowest BCUT2D eigenvalue weighted by atomic mass is 9.95. The van der Waals surface area contributed by atoms with E-state index in [-0.39, 0.29) is 24.0 Å². The van der Waals surface area contributed by atoms with Crippen LogP contribution in [-0.4, -0.2) is 72.5 Å². The third-order valence-corrected chi connectivity index (χ3v) is 5.51. The molecular weight excluding hydrogens is 472 g/mol. The number of benzene rings is 1. The van der Waals surface area contributed by atoms with Crippen molar-refractivity contribution in [1.82, 2.24) is 10.4 Å². The summed E-state index contributed by atoms with van der Waals surface area (Å²) >= 11 is 0. The molecule has 1 amide bonds. The average Bonchev–Trinajstić information content (AvgIpc) is 3.15. The van der Waals surface area contributed by atoms with Crippen molar-refractivity contribution >= 4 is 19.0 Å². The second-order valence-corrected chi connectivity index (χ2v) is 11.2. The van der Waals surface area contributed by atoms with Crippen LogP contribution in [0.4, 0.5) is 0 Å². The molecule has 4 atom stereocenters. The number of rotatable bonds is 8. The Morgan fingerprint density at radius 3 is 2.05 bits per heavy atom. The van der Waals surface area contributed by atoms with Crippen LogP contribution in [0.5, 0.6) is 0 Å². The van der Waals surface area contributed by atoms with Crippen LogP contribution in [0.15, 0.2) is 30.3 Å². The predicted molar refractivity (Wildman–Crippen MR) is 149 cm³/mol. The first-order valence-electron chi connectivity index (χ1n) is 12.8. The number of aldehydes is 1. The molecule has 1 fully saturated rings. The number of carbonyl (C=O) groups excluding carboxylic acids is 3. The molecule has 214 valence electrons. The zero-order valence-electron chi connectivity index (χ0n) is 24.7. The highest BCUT2D eigenvalue weighted by Crippen LogP contribution is 2.28. The lowest BCUT2D eigenvalue weighted by molar-refractivity contribution is -0.154. The molecule has 0 aliphatic carbocycles. The summed E-state index contributed by atoms with van der Waals surface area (Å²) in [6, 6.07) is 10.8. The molecule has 4 unspecified atom stereocenters. The van der Waals surface area contributed by atoms with Gasteiger partial charge in [0.2, 0.25) is 5.91 Å². The van der Waals surface area contributed by atoms with E-state index in [0.29, 0.717) is 12.5 Å². The maximum absolute atomic E-state index is 12.2. The summed E-state index contributed by atoms with van der Waals surface area (Å²) in [5.41, 5.74) is 2.89. The van der Waals surface area contributed by atoms with Crippen LogP contribution >= 0.6 is 0 Å². The number of hydrogen-bond acceptors (Lipinski definition) is 7. The second-order valence-electron chi connectivity index (χ2n) is 11.2. The molecule has 1 aromatic carbocycles. The number of carbonyl (C=O) groups is 3. The first-order chi connectivity index (χ1) is 17.1. The lowest BCUT2D eigenvalue weighted by Crippen LogP contribution is -2.48. The van der Waals surface area contributed by atoms with Crippen LogP contribution in [0, 0.1) is 5.92 Å². The van der Waals surface area contributed by atoms with Crippen LogP contribution in [0.2, 0.25) is 0 Å². The summed E-state index contributed by atoms with van der Waals surface area (Å²) in [6.45, 7) is 17.0. The number of aryl methyl sites for hydroxylation is 1. The molecule has 0 spiro atoms. The summed E-state index contributed by atoms with van der Waals surface area (Å²) in [6.07, 6.45) is 4.54. The van der Waals surface area contributed by atoms with Gasteiger partial charge < -0.3 is 19.4 Å². The standard InChI is InChI=1S/C15H30N2O3.C9H10O.C4H10O.CH2O/c1-10-8-9-12(17(10)6)13(19-7)11(2)14(18)16-20-15(3,4)5;10-8-4-7-9-5-2-1-3-6-9;1-4(2,3)5;1-2/h10-13H,8-9H2,1-7H3,(H,16,18);1-3,5-6,8H,4,7H2;5H,1-3H3;1H2. The Morgan fingerprint density at radius 1 is 1.16 bits per heavy atom. The van der Waals surface area contributed by atoms with Crippen molar-refractivity contribution in [3.05, 3.63) is 35.9 Å². The molecular formula is C29H52N2O6. The van der Waals surface area contributed by atoms with Gasteiger partial charge in [-0.15, -0.1) is 0 Å². The fourth-order valence-corrected chi connectivity index (χ4v) is 3.55. The number of likely N-dealkylation sites (tertiary alicyclic amines) is 1. The molecule has 1 aromatic rings. The van der Waals surface area contributed by atoms with Gasteiger partial charge in [0.1, 0.15) is 13.1 Å². The number of aliphatic hydroxyl groups is 1. The van der Waals surface area contributed by atoms with Crippen LogP contribution < -0.4 is 5.48 Å². The highest BCUT2D eigenvalue weighted by atomic mass is 16.7. The van der Waals surface area contributed by atoms with Gasteiger partial charge in [0, 0.05) is 25.6 Å². The second kappa shape index (κ2) is 19.0. The predicted octanol–water partition coefficient (Wildman–Crippen LogP) is 4.38. The van der Waals surface area contributed by atoms with Crippen LogP contribution in [-0.2, 0) is 30.4 Å². The lowest BCUT2D eigenvalue weighted by Gasteiger charge is -2.33. The number of hydroxylamine groups is 1. The van der Waals surface area contributed by atoms with E-state index in [1.54, 1.807) is 27.9 Å². The minimum absolute atomic E-state index is 0.117. The number of amides is 1. The SMILES string of the molecule is C=O.CC(C)(C)O.COC(C(C)C(=O)NOC(C)(C)C)C1CCC(C)N1C.O=CCCc1ccccc1. The van der Waals surface area contributed by atoms with E-state index in [0.717, 1.165) is 25.5 Å². The highest BCUT2D eigenvalue weighted by molar-refractivity contribution is 5.78. The van der Waals surface area contributed by atoms with E-state index in [9.17, 15) is 9.59 Å². The summed E-state index contributed by atoms with van der Waals surface area (Å²) in [5, 5.41) is 8.52. The highest BCUT2D eigenvalue weighted by Gasteiger charge is 2.38. The maximum Gasteiger partial charge on any atom is 0.249 e. The zero-order valence-corrected chi connectivity index (χ0v) is 24.7. The monoisotopic (exact) mass is 524 g/mol. The van der Waals surface area contributed by atoms with E-state index < -0.39 is 11.2 Å². The summed E-state index contributed by atoms with van der Waals surface area (Å²) < 4.78 is 5.61. The molecule has 1 saturated heterocycles. The Morgan fingerprint density at radius 2 is 1.68 bits per heavy atom. The van der Waals surface area contributed by atoms with Gasteiger partial charge in [-0.2, -0.15) is 0 Å². The Kier molecular flexibility index (Phi) is 19.0. The number of hydrogen-bond donors (Lipinski definition) is 2. The molecule has 1 aliphatic rings. The van der Waals surface area contributed by atoms with Crippen molar-refractivity contribution in [3.63, 3.8) is 0 Å². The molecule has 8 nitrogen and oxygen atoms in total. The van der Waals surface area contributed by atoms with Gasteiger partial charge >= 0.3 is 0 Å². The number of ether oxygens (including phenoxy) is 1. The molecule has 1 heterocycles. The number of nitrogens with one attached hydrogen (secondary N) is 1. The van der Waals surface area contributed by atoms with Gasteiger partial charge in [0.05, 0.1) is 23.2 Å². The van der Waals surface area contributed by atoms with Gasteiger partial charge in [-0.25, -0.2) is 5.48 Å². The Balaban J connectivity index is 0. The van der Waals surface area contributed by atoms with Crippen molar-refractivity contribution < 1.29 is 29.1 Å². The molecule has 2 rings (SSSR count). The van der Waals surface area contributed by atoms with E-state index in [4.69, 9.17) is 19.5 Å². The fourth-order valence-electron chi connectivity index (χ4n) is 3.55. The normalized spacial score (nSPS) is 19.0. The number of nitrogens with zero attached hydrogens (tertiary/aromatic N) is 1. The van der Waals surface area contributed by atoms with Crippen molar-refractivity contribution in [1.29, 1.82) is 0 Å². The summed E-state index contributed by atoms with van der Waals surface area (Å²) in [4.78, 5) is 37.8. The van der Waals surface area contributed by atoms with Gasteiger partial charge in [-0.05, 0) is 80.3 Å². The zero-order chi connectivity index (χ0) is 29.2. The van der Waals surface area contributed by atoms with Gasteiger partial charge in [-0.1, -0.05) is 37.3 Å². The molecule has 0 bridgehead atoms. The average molecular weight is 525 g/mol. The van der Waals surface area contributed by atoms with E-state index in [2.05, 4.69) is 24.4 Å². The summed E-state index contributed by atoms with van der Waals surface area (Å²) in [7, 11) is 3.78. The van der Waals surface area contributed by atoms with Crippen molar-refractivity contribution in [2.75, 3.05) is 14.2 Å². The molecule has 0 radical (unpaired) electrons. The summed E-state index contributed by atoms with van der Waals surface area (Å²) in [5.74, 6) is -0.375. The smallest absolute Gasteiger partial charge is 0.249 e. The molecule has 2 N–H and O–H groups in total. The quantitative estimate of drug-likeness (QED) is 0.384. The van der Waals surface area contributed by atoms with E-state index in [1.165, 1.54) is 5.56 Å². The number of likely N-dealkylation sites (N-methyl/N-ethyl adjacent to an activating group) is 1. The van der Waals surface area contributed by atoms with Crippen molar-refractivity contribution in [3.8, 4) is 0 Å². The fraction of sp³-hybridized carbons (Fsp3) is 0.690. The van der Waals surface area contributed by atoms with Crippen LogP contribution in [0.1, 0.15) is 80.2 Å². The topological polar surface area (TPSA) is 105 Å². The van der Waals surface area contributed by atoms with Crippen molar-refractivity contribution in [2.24, 2.45) is 5.92 Å². The molecule has 37 heavy (non-hydrogen) atoms. The first kappa shape index (κ1) is 37.0. The van der Waals surface area contributed by atoms with Gasteiger partial charge in [0.25, 0.3) is 0 Å². The Bertz CT molecular complexity index is 724. The van der Waals surface area contributed by atoms with Gasteiger partial charge in [0.15, 0.2) is 0 Å². The van der Waals surface area contributed by atoms with Crippen molar-refractivity contribution in [2.45, 2.75) is 110 Å². The molecule has 1 aliphatic heterocycles. The first-order valence-corrected chi connectivity index (χ1v) is 12.8. The largest absolute Gasteiger partial charge is 0.391 e. The van der Waals surface area contributed by atoms with Gasteiger partial charge in [-0.3, -0.25) is 14.5 Å². The minimum Gasteiger partial charge on any atom is -0.391 e. The van der Waals surface area contributed by atoms with E-state index in [1.807, 2.05) is 64.8 Å². The molecule has 0 aromatic heterocycles. The van der Waals surface area contributed by atoms with Crippen LogP contribution in [0.25, 0.3) is 0 Å². The maximum atomic E-state index is 12.2. The van der Waals surface area contributed by atoms with E-state index >= 15 is 0 Å². The third-order valence-electron chi connectivity index (χ3n) is 5.51. The minimum atomic E-state index is -0.500.